The summed E-state index contributed by atoms with van der Waals surface area (Å²) in [6.07, 6.45) is 3.32. The zero-order valence-corrected chi connectivity index (χ0v) is 17.4. The number of nitrogen functional groups attached to an aromatic ring is 2. The van der Waals surface area contributed by atoms with Gasteiger partial charge in [0.15, 0.2) is 0 Å². The summed E-state index contributed by atoms with van der Waals surface area (Å²) >= 11 is 3.29. The van der Waals surface area contributed by atoms with Crippen molar-refractivity contribution in [2.75, 3.05) is 16.8 Å². The summed E-state index contributed by atoms with van der Waals surface area (Å²) in [5.41, 5.74) is 12.1. The fourth-order valence-electron chi connectivity index (χ4n) is 4.20. The van der Waals surface area contributed by atoms with Crippen molar-refractivity contribution in [1.82, 2.24) is 24.4 Å². The molecule has 2 aliphatic rings. The van der Waals surface area contributed by atoms with Gasteiger partial charge in [-0.2, -0.15) is 9.97 Å². The minimum atomic E-state index is -0.520. The molecule has 1 unspecified atom stereocenters. The van der Waals surface area contributed by atoms with Crippen LogP contribution >= 0.6 is 15.9 Å². The van der Waals surface area contributed by atoms with Crippen LogP contribution in [0.2, 0.25) is 0 Å². The van der Waals surface area contributed by atoms with E-state index in [2.05, 4.69) is 36.2 Å². The van der Waals surface area contributed by atoms with Gasteiger partial charge < -0.3 is 26.3 Å². The third-order valence-electron chi connectivity index (χ3n) is 5.63. The van der Waals surface area contributed by atoms with E-state index < -0.39 is 6.04 Å². The number of aromatic nitrogens is 4. The van der Waals surface area contributed by atoms with Gasteiger partial charge in [0, 0.05) is 12.2 Å². The van der Waals surface area contributed by atoms with Gasteiger partial charge in [0.05, 0.1) is 5.39 Å². The van der Waals surface area contributed by atoms with E-state index in [4.69, 9.17) is 11.5 Å². The number of likely N-dealkylation sites (tertiary alicyclic amines) is 1. The number of rotatable bonds is 4. The van der Waals surface area contributed by atoms with Crippen LogP contribution in [-0.4, -0.2) is 48.3 Å². The number of fused-ring (bicyclic) bond motifs is 2. The van der Waals surface area contributed by atoms with E-state index in [1.165, 1.54) is 0 Å². The Hall–Kier alpha value is -3.21. The molecule has 2 fully saturated rings. The van der Waals surface area contributed by atoms with Crippen LogP contribution in [0.25, 0.3) is 11.0 Å². The van der Waals surface area contributed by atoms with Gasteiger partial charge >= 0.3 is 0 Å². The Balaban J connectivity index is 1.36. The summed E-state index contributed by atoms with van der Waals surface area (Å²) in [5.74, 6) is 0.766. The molecule has 1 aliphatic carbocycles. The van der Waals surface area contributed by atoms with Crippen LogP contribution in [0.5, 0.6) is 0 Å². The molecule has 5 rings (SSSR count). The first-order valence-corrected chi connectivity index (χ1v) is 10.3. The molecule has 1 saturated carbocycles. The van der Waals surface area contributed by atoms with E-state index in [0.29, 0.717) is 33.8 Å². The number of halogens is 1. The predicted molar refractivity (Wildman–Crippen MR) is 114 cm³/mol. The van der Waals surface area contributed by atoms with E-state index >= 15 is 0 Å². The van der Waals surface area contributed by atoms with Gasteiger partial charge in [0.1, 0.15) is 34.5 Å². The maximum atomic E-state index is 13.2. The molecular weight excluding hydrogens is 452 g/mol. The molecule has 3 aromatic heterocycles. The van der Waals surface area contributed by atoms with Crippen molar-refractivity contribution >= 4 is 56.4 Å². The number of carbonyl (C=O) groups excluding carboxylic acids is 2. The Morgan fingerprint density at radius 1 is 1.17 bits per heavy atom. The Morgan fingerprint density at radius 2 is 2.00 bits per heavy atom. The van der Waals surface area contributed by atoms with Crippen LogP contribution in [0, 0.1) is 5.92 Å². The lowest BCUT2D eigenvalue weighted by atomic mass is 10.1. The number of nitrogens with zero attached hydrogens (tertiary/aromatic N) is 5. The first-order valence-electron chi connectivity index (χ1n) is 9.53. The van der Waals surface area contributed by atoms with Crippen LogP contribution in [0.4, 0.5) is 17.6 Å². The van der Waals surface area contributed by atoms with Crippen molar-refractivity contribution in [3.63, 3.8) is 0 Å². The highest BCUT2D eigenvalue weighted by Crippen LogP contribution is 2.48. The second kappa shape index (κ2) is 6.94. The van der Waals surface area contributed by atoms with Crippen LogP contribution < -0.4 is 16.8 Å². The Morgan fingerprint density at radius 3 is 2.80 bits per heavy atom. The Kier molecular flexibility index (Phi) is 4.35. The first-order chi connectivity index (χ1) is 14.4. The molecule has 4 heterocycles. The van der Waals surface area contributed by atoms with Crippen LogP contribution in [0.3, 0.4) is 0 Å². The quantitative estimate of drug-likeness (QED) is 0.488. The predicted octanol–water partition coefficient (Wildman–Crippen LogP) is 1.38. The molecule has 0 spiro atoms. The van der Waals surface area contributed by atoms with Crippen molar-refractivity contribution in [3.05, 3.63) is 35.1 Å². The third kappa shape index (κ3) is 3.24. The van der Waals surface area contributed by atoms with Crippen molar-refractivity contribution in [2.24, 2.45) is 5.92 Å². The van der Waals surface area contributed by atoms with Gasteiger partial charge in [-0.1, -0.05) is 6.07 Å². The average molecular weight is 471 g/mol. The zero-order chi connectivity index (χ0) is 21.0. The lowest BCUT2D eigenvalue weighted by Gasteiger charge is -2.27. The van der Waals surface area contributed by atoms with E-state index in [0.717, 1.165) is 6.42 Å². The first kappa shape index (κ1) is 18.8. The summed E-state index contributed by atoms with van der Waals surface area (Å²) in [4.78, 5) is 40.2. The summed E-state index contributed by atoms with van der Waals surface area (Å²) in [6, 6.07) is 6.62. The van der Waals surface area contributed by atoms with Crippen molar-refractivity contribution in [2.45, 2.75) is 31.5 Å². The summed E-state index contributed by atoms with van der Waals surface area (Å²) in [7, 11) is 0. The molecule has 154 valence electrons. The van der Waals surface area contributed by atoms with Crippen LogP contribution in [0.1, 0.15) is 12.8 Å². The number of piperidine rings is 1. The van der Waals surface area contributed by atoms with E-state index in [1.54, 1.807) is 39.9 Å². The molecule has 1 aliphatic heterocycles. The SMILES string of the molecule is Nc1nc(N)c2ccn(CC(=O)N3C4C[C@@H]4C[C@H]3C(=O)Nc3cccc(Br)n3)c2n1. The molecule has 1 saturated heterocycles. The fraction of sp³-hybridized carbons (Fsp3) is 0.316. The number of amides is 2. The maximum absolute atomic E-state index is 13.2. The van der Waals surface area contributed by atoms with Gasteiger partial charge in [-0.3, -0.25) is 9.59 Å². The number of pyridine rings is 1. The molecule has 3 aromatic rings. The number of nitrogens with two attached hydrogens (primary N) is 2. The zero-order valence-electron chi connectivity index (χ0n) is 15.8. The largest absolute Gasteiger partial charge is 0.383 e. The van der Waals surface area contributed by atoms with Gasteiger partial charge in [0.2, 0.25) is 17.8 Å². The molecule has 0 aromatic carbocycles. The van der Waals surface area contributed by atoms with E-state index in [9.17, 15) is 9.59 Å². The standard InChI is InChI=1S/C19H19BrN8O2/c20-13-2-1-3-14(23-13)24-18(30)12-7-9-6-11(9)28(12)15(29)8-27-5-4-10-16(21)25-19(22)26-17(10)27/h1-5,9,11-12H,6-8H2,(H,23,24,30)(H4,21,22,25,26)/t9-,11?,12+/m1/s1. The van der Waals surface area contributed by atoms with Gasteiger partial charge in [-0.15, -0.1) is 0 Å². The lowest BCUT2D eigenvalue weighted by Crippen LogP contribution is -2.46. The summed E-state index contributed by atoms with van der Waals surface area (Å²) in [5, 5.41) is 3.46. The smallest absolute Gasteiger partial charge is 0.248 e. The van der Waals surface area contributed by atoms with E-state index in [1.807, 2.05) is 0 Å². The van der Waals surface area contributed by atoms with Crippen molar-refractivity contribution in [3.8, 4) is 0 Å². The molecule has 10 nitrogen and oxygen atoms in total. The van der Waals surface area contributed by atoms with Crippen LogP contribution in [0.15, 0.2) is 35.1 Å². The van der Waals surface area contributed by atoms with Crippen molar-refractivity contribution in [1.29, 1.82) is 0 Å². The summed E-state index contributed by atoms with van der Waals surface area (Å²) < 4.78 is 2.31. The van der Waals surface area contributed by atoms with Crippen LogP contribution in [-0.2, 0) is 16.1 Å². The van der Waals surface area contributed by atoms with Crippen molar-refractivity contribution < 1.29 is 9.59 Å². The van der Waals surface area contributed by atoms with Gasteiger partial charge in [0.25, 0.3) is 0 Å². The topological polar surface area (TPSA) is 145 Å². The lowest BCUT2D eigenvalue weighted by molar-refractivity contribution is -0.138. The molecule has 3 atom stereocenters. The number of nitrogens with one attached hydrogen (secondary N) is 1. The monoisotopic (exact) mass is 470 g/mol. The fourth-order valence-corrected chi connectivity index (χ4v) is 4.54. The Labute approximate surface area is 179 Å². The highest BCUT2D eigenvalue weighted by atomic mass is 79.9. The normalized spacial score (nSPS) is 22.2. The van der Waals surface area contributed by atoms with Gasteiger partial charge in [-0.25, -0.2) is 4.98 Å². The van der Waals surface area contributed by atoms with Gasteiger partial charge in [-0.05, 0) is 52.9 Å². The molecule has 30 heavy (non-hydrogen) atoms. The molecule has 0 radical (unpaired) electrons. The molecule has 5 N–H and O–H groups in total. The second-order valence-corrected chi connectivity index (χ2v) is 8.41. The highest BCUT2D eigenvalue weighted by Gasteiger charge is 2.56. The second-order valence-electron chi connectivity index (χ2n) is 7.60. The molecule has 11 heteroatoms. The number of anilines is 3. The maximum Gasteiger partial charge on any atom is 0.248 e. The average Bonchev–Trinajstić information content (AvgIpc) is 3.16. The molecule has 0 bridgehead atoms. The minimum Gasteiger partial charge on any atom is -0.383 e. The molecular formula is C19H19BrN8O2. The highest BCUT2D eigenvalue weighted by molar-refractivity contribution is 9.10. The van der Waals surface area contributed by atoms with E-state index in [-0.39, 0.29) is 36.2 Å². The minimum absolute atomic E-state index is 0.0432. The Bertz CT molecular complexity index is 1180. The molecule has 2 amide bonds. The number of carbonyl (C=O) groups is 2. The number of hydrogen-bond acceptors (Lipinski definition) is 7. The third-order valence-corrected chi connectivity index (χ3v) is 6.07. The summed E-state index contributed by atoms with van der Waals surface area (Å²) in [6.45, 7) is 0.0432. The number of hydrogen-bond donors (Lipinski definition) is 3.